The molecule has 2 fully saturated rings. The molecule has 1 saturated carbocycles. The summed E-state index contributed by atoms with van der Waals surface area (Å²) in [6.45, 7) is 3.15. The van der Waals surface area contributed by atoms with Crippen LogP contribution in [-0.2, 0) is 9.59 Å². The number of rotatable bonds is 9. The number of halogens is 2. The van der Waals surface area contributed by atoms with Crippen LogP contribution in [0.3, 0.4) is 0 Å². The number of amides is 4. The van der Waals surface area contributed by atoms with Gasteiger partial charge < -0.3 is 21.3 Å². The third kappa shape index (κ3) is 8.63. The Bertz CT molecular complexity index is 1580. The lowest BCUT2D eigenvalue weighted by Crippen LogP contribution is -2.41. The van der Waals surface area contributed by atoms with Gasteiger partial charge in [0.15, 0.2) is 0 Å². The summed E-state index contributed by atoms with van der Waals surface area (Å²) in [6, 6.07) is 17.3. The van der Waals surface area contributed by atoms with Crippen LogP contribution in [0, 0.1) is 12.8 Å². The number of hydrogen-bond acceptors (Lipinski definition) is 5. The fourth-order valence-corrected chi connectivity index (χ4v) is 6.08. The van der Waals surface area contributed by atoms with Crippen LogP contribution in [0.15, 0.2) is 60.7 Å². The van der Waals surface area contributed by atoms with Crippen molar-refractivity contribution in [2.75, 3.05) is 35.6 Å². The average Bonchev–Trinajstić information content (AvgIpc) is 3.53. The van der Waals surface area contributed by atoms with Crippen molar-refractivity contribution in [2.24, 2.45) is 5.92 Å². The first-order valence-electron chi connectivity index (χ1n) is 15.3. The number of anilines is 3. The highest BCUT2D eigenvalue weighted by molar-refractivity contribution is 6.34. The molecule has 1 aliphatic heterocycles. The lowest BCUT2D eigenvalue weighted by molar-refractivity contribution is -0.121. The molecule has 4 amide bonds. The molecule has 1 aliphatic carbocycles. The number of carbonyl (C=O) groups is 4. The largest absolute Gasteiger partial charge is 0.349 e. The van der Waals surface area contributed by atoms with Crippen LogP contribution < -0.4 is 21.3 Å². The Morgan fingerprint density at radius 1 is 0.733 bits per heavy atom. The zero-order chi connectivity index (χ0) is 31.9. The zero-order valence-corrected chi connectivity index (χ0v) is 26.6. The molecule has 9 nitrogen and oxygen atoms in total. The molecule has 0 atom stereocenters. The molecule has 4 N–H and O–H groups in total. The molecule has 0 bridgehead atoms. The van der Waals surface area contributed by atoms with Gasteiger partial charge in [-0.2, -0.15) is 0 Å². The summed E-state index contributed by atoms with van der Waals surface area (Å²) in [5.74, 6) is -1.18. The molecule has 0 aromatic heterocycles. The van der Waals surface area contributed by atoms with Crippen molar-refractivity contribution in [3.8, 4) is 0 Å². The third-order valence-corrected chi connectivity index (χ3v) is 9.06. The molecule has 45 heavy (non-hydrogen) atoms. The van der Waals surface area contributed by atoms with Crippen LogP contribution in [0.1, 0.15) is 64.8 Å². The van der Waals surface area contributed by atoms with Gasteiger partial charge in [0.1, 0.15) is 0 Å². The van der Waals surface area contributed by atoms with Crippen molar-refractivity contribution in [1.82, 2.24) is 10.2 Å². The lowest BCUT2D eigenvalue weighted by Gasteiger charge is -2.30. The summed E-state index contributed by atoms with van der Waals surface area (Å²) in [6.07, 6.45) is 5.31. The molecule has 2 aliphatic rings. The highest BCUT2D eigenvalue weighted by Crippen LogP contribution is 2.28. The quantitative estimate of drug-likeness (QED) is 0.210. The molecule has 0 radical (unpaired) electrons. The summed E-state index contributed by atoms with van der Waals surface area (Å²) in [7, 11) is 0. The molecule has 3 aromatic rings. The van der Waals surface area contributed by atoms with Crippen molar-refractivity contribution in [2.45, 2.75) is 51.5 Å². The molecule has 236 valence electrons. The lowest BCUT2D eigenvalue weighted by atomic mass is 9.95. The number of aryl methyl sites for hydroxylation is 1. The van der Waals surface area contributed by atoms with E-state index in [0.29, 0.717) is 64.2 Å². The standard InChI is InChI=1S/C34H37Cl2N5O4/c1-21-6-2-5-9-28(21)39-34(45)24-11-13-27(36)30(19-24)40-32(43)22-14-16-41(17-15-22)20-31(42)38-29-18-23(10-12-26(29)35)33(44)37-25-7-3-4-8-25/h2,5-6,9-13,18-19,22,25H,3-4,7-8,14-17,20H2,1H3,(H,37,44)(H,38,42)(H,39,45)(H,40,43). The number of piperidine rings is 1. The van der Waals surface area contributed by atoms with Gasteiger partial charge in [0.25, 0.3) is 11.8 Å². The second-order valence-electron chi connectivity index (χ2n) is 11.7. The molecule has 11 heteroatoms. The first-order valence-corrected chi connectivity index (χ1v) is 16.0. The van der Waals surface area contributed by atoms with E-state index in [2.05, 4.69) is 21.3 Å². The monoisotopic (exact) mass is 649 g/mol. The van der Waals surface area contributed by atoms with Crippen LogP contribution in [0.2, 0.25) is 10.0 Å². The van der Waals surface area contributed by atoms with Gasteiger partial charge in [-0.05, 0) is 93.7 Å². The van der Waals surface area contributed by atoms with E-state index < -0.39 is 0 Å². The Morgan fingerprint density at radius 3 is 1.98 bits per heavy atom. The molecule has 3 aromatic carbocycles. The molecule has 1 saturated heterocycles. The maximum Gasteiger partial charge on any atom is 0.255 e. The molecule has 0 unspecified atom stereocenters. The van der Waals surface area contributed by atoms with Gasteiger partial charge in [0.05, 0.1) is 28.0 Å². The Balaban J connectivity index is 1.11. The molecular weight excluding hydrogens is 613 g/mol. The Hall–Kier alpha value is -3.92. The zero-order valence-electron chi connectivity index (χ0n) is 25.1. The van der Waals surface area contributed by atoms with Gasteiger partial charge in [0.2, 0.25) is 11.8 Å². The fraction of sp³-hybridized carbons (Fsp3) is 0.353. The van der Waals surface area contributed by atoms with Gasteiger partial charge in [0, 0.05) is 28.8 Å². The number of hydrogen-bond donors (Lipinski definition) is 4. The second-order valence-corrected chi connectivity index (χ2v) is 12.5. The number of nitrogens with one attached hydrogen (secondary N) is 4. The minimum Gasteiger partial charge on any atom is -0.349 e. The Kier molecular flexibility index (Phi) is 10.8. The van der Waals surface area contributed by atoms with Gasteiger partial charge >= 0.3 is 0 Å². The number of carbonyl (C=O) groups excluding carboxylic acids is 4. The molecule has 1 heterocycles. The van der Waals surface area contributed by atoms with Crippen molar-refractivity contribution < 1.29 is 19.2 Å². The SMILES string of the molecule is Cc1ccccc1NC(=O)c1ccc(Cl)c(NC(=O)C2CCN(CC(=O)Nc3cc(C(=O)NC4CCCC4)ccc3Cl)CC2)c1. The van der Waals surface area contributed by atoms with Crippen LogP contribution >= 0.6 is 23.2 Å². The highest BCUT2D eigenvalue weighted by Gasteiger charge is 2.27. The maximum atomic E-state index is 13.1. The molecular formula is C34H37Cl2N5O4. The van der Waals surface area contributed by atoms with E-state index in [1.54, 1.807) is 36.4 Å². The van der Waals surface area contributed by atoms with Crippen molar-refractivity contribution in [3.63, 3.8) is 0 Å². The van der Waals surface area contributed by atoms with Crippen LogP contribution in [0.4, 0.5) is 17.1 Å². The summed E-state index contributed by atoms with van der Waals surface area (Å²) < 4.78 is 0. The van der Waals surface area contributed by atoms with Crippen LogP contribution in [0.25, 0.3) is 0 Å². The van der Waals surface area contributed by atoms with Gasteiger partial charge in [-0.25, -0.2) is 0 Å². The number of likely N-dealkylation sites (tertiary alicyclic amines) is 1. The normalized spacial score (nSPS) is 15.8. The van der Waals surface area contributed by atoms with E-state index in [4.69, 9.17) is 23.2 Å². The summed E-state index contributed by atoms with van der Waals surface area (Å²) >= 11 is 12.7. The Labute approximate surface area is 273 Å². The van der Waals surface area contributed by atoms with Crippen LogP contribution in [-0.4, -0.2) is 54.2 Å². The predicted molar refractivity (Wildman–Crippen MR) is 178 cm³/mol. The van der Waals surface area contributed by atoms with Crippen LogP contribution in [0.5, 0.6) is 0 Å². The van der Waals surface area contributed by atoms with Gasteiger partial charge in [-0.3, -0.25) is 24.1 Å². The van der Waals surface area contributed by atoms with Crippen molar-refractivity contribution in [3.05, 3.63) is 87.4 Å². The molecule has 5 rings (SSSR count). The van der Waals surface area contributed by atoms with Gasteiger partial charge in [-0.15, -0.1) is 0 Å². The van der Waals surface area contributed by atoms with Crippen molar-refractivity contribution in [1.29, 1.82) is 0 Å². The summed E-state index contributed by atoms with van der Waals surface area (Å²) in [5, 5.41) is 12.3. The summed E-state index contributed by atoms with van der Waals surface area (Å²) in [4.78, 5) is 53.5. The number of benzene rings is 3. The highest BCUT2D eigenvalue weighted by atomic mass is 35.5. The molecule has 0 spiro atoms. The number of nitrogens with zero attached hydrogens (tertiary/aromatic N) is 1. The smallest absolute Gasteiger partial charge is 0.255 e. The summed E-state index contributed by atoms with van der Waals surface area (Å²) in [5.41, 5.74) is 3.24. The minimum atomic E-state index is -0.302. The van der Waals surface area contributed by atoms with E-state index in [9.17, 15) is 19.2 Å². The van der Waals surface area contributed by atoms with Gasteiger partial charge in [-0.1, -0.05) is 54.2 Å². The Morgan fingerprint density at radius 2 is 1.33 bits per heavy atom. The minimum absolute atomic E-state index is 0.132. The average molecular weight is 651 g/mol. The van der Waals surface area contributed by atoms with E-state index in [0.717, 1.165) is 31.2 Å². The first kappa shape index (κ1) is 32.5. The number of para-hydroxylation sites is 1. The van der Waals surface area contributed by atoms with E-state index in [1.165, 1.54) is 0 Å². The first-order chi connectivity index (χ1) is 21.7. The topological polar surface area (TPSA) is 120 Å². The third-order valence-electron chi connectivity index (χ3n) is 8.40. The fourth-order valence-electron chi connectivity index (χ4n) is 5.75. The van der Waals surface area contributed by atoms with E-state index >= 15 is 0 Å². The second kappa shape index (κ2) is 14.9. The van der Waals surface area contributed by atoms with E-state index in [1.807, 2.05) is 36.1 Å². The van der Waals surface area contributed by atoms with Crippen molar-refractivity contribution >= 4 is 63.9 Å². The van der Waals surface area contributed by atoms with E-state index in [-0.39, 0.29) is 42.1 Å². The predicted octanol–water partition coefficient (Wildman–Crippen LogP) is 6.52. The maximum absolute atomic E-state index is 13.1.